The molecule has 1 amide bonds. The van der Waals surface area contributed by atoms with Gasteiger partial charge < -0.3 is 15.4 Å². The van der Waals surface area contributed by atoms with Gasteiger partial charge in [0.05, 0.1) is 10.2 Å². The highest BCUT2D eigenvalue weighted by Gasteiger charge is 2.21. The fourth-order valence-electron chi connectivity index (χ4n) is 1.72. The van der Waals surface area contributed by atoms with Crippen molar-refractivity contribution in [3.05, 3.63) is 22.4 Å². The van der Waals surface area contributed by atoms with Crippen LogP contribution < -0.4 is 10.5 Å². The topological polar surface area (TPSA) is 55.6 Å². The van der Waals surface area contributed by atoms with Gasteiger partial charge in [-0.15, -0.1) is 0 Å². The lowest BCUT2D eigenvalue weighted by Crippen LogP contribution is -2.40. The number of hydrogen-bond donors (Lipinski definition) is 1. The van der Waals surface area contributed by atoms with Gasteiger partial charge in [-0.25, -0.2) is 4.39 Å². The smallest absolute Gasteiger partial charge is 0.263 e. The van der Waals surface area contributed by atoms with Crippen LogP contribution in [-0.4, -0.2) is 30.0 Å². The molecule has 19 heavy (non-hydrogen) atoms. The standard InChI is InChI=1S/C13H18BrFN2O2/c1-4-17(5-2)13(18)8(3)19-12-10(14)6-9(15)7-11(12)16/h6-8H,4-5,16H2,1-3H3. The summed E-state index contributed by atoms with van der Waals surface area (Å²) in [5.74, 6) is -0.297. The zero-order chi connectivity index (χ0) is 14.6. The van der Waals surface area contributed by atoms with Crippen LogP contribution in [-0.2, 0) is 4.79 Å². The first-order valence-corrected chi connectivity index (χ1v) is 6.89. The maximum absolute atomic E-state index is 13.1. The summed E-state index contributed by atoms with van der Waals surface area (Å²) >= 11 is 3.18. The quantitative estimate of drug-likeness (QED) is 0.843. The molecule has 4 nitrogen and oxygen atoms in total. The van der Waals surface area contributed by atoms with Gasteiger partial charge in [0.1, 0.15) is 5.82 Å². The highest BCUT2D eigenvalue weighted by Crippen LogP contribution is 2.33. The molecule has 0 aliphatic rings. The Labute approximate surface area is 120 Å². The van der Waals surface area contributed by atoms with E-state index in [1.54, 1.807) is 11.8 Å². The third-order valence-corrected chi connectivity index (χ3v) is 3.34. The van der Waals surface area contributed by atoms with Gasteiger partial charge in [-0.1, -0.05) is 0 Å². The van der Waals surface area contributed by atoms with E-state index in [1.165, 1.54) is 6.07 Å². The van der Waals surface area contributed by atoms with Crippen LogP contribution >= 0.6 is 15.9 Å². The second-order valence-corrected chi connectivity index (χ2v) is 4.93. The summed E-state index contributed by atoms with van der Waals surface area (Å²) in [6, 6.07) is 2.41. The molecule has 6 heteroatoms. The molecule has 0 aliphatic carbocycles. The van der Waals surface area contributed by atoms with Gasteiger partial charge in [0.25, 0.3) is 5.91 Å². The average Bonchev–Trinajstić information content (AvgIpc) is 2.34. The summed E-state index contributed by atoms with van der Waals surface area (Å²) in [6.45, 7) is 6.68. The molecule has 2 N–H and O–H groups in total. The highest BCUT2D eigenvalue weighted by atomic mass is 79.9. The molecule has 0 aliphatic heterocycles. The minimum atomic E-state index is -0.677. The Hall–Kier alpha value is -1.30. The maximum Gasteiger partial charge on any atom is 0.263 e. The second kappa shape index (κ2) is 6.75. The van der Waals surface area contributed by atoms with E-state index < -0.39 is 11.9 Å². The van der Waals surface area contributed by atoms with E-state index in [4.69, 9.17) is 10.5 Å². The molecule has 1 atom stereocenters. The molecule has 0 saturated heterocycles. The van der Waals surface area contributed by atoms with Crippen LogP contribution in [0.4, 0.5) is 10.1 Å². The first kappa shape index (κ1) is 15.8. The predicted molar refractivity (Wildman–Crippen MR) is 76.5 cm³/mol. The number of nitrogens with two attached hydrogens (primary N) is 1. The number of nitrogens with zero attached hydrogens (tertiary/aromatic N) is 1. The monoisotopic (exact) mass is 332 g/mol. The molecule has 1 rings (SSSR count). The minimum Gasteiger partial charge on any atom is -0.478 e. The van der Waals surface area contributed by atoms with Gasteiger partial charge in [0, 0.05) is 19.2 Å². The Morgan fingerprint density at radius 3 is 2.53 bits per heavy atom. The Bertz CT molecular complexity index is 441. The first-order chi connectivity index (χ1) is 8.90. The number of hydrogen-bond acceptors (Lipinski definition) is 3. The number of ether oxygens (including phenoxy) is 1. The second-order valence-electron chi connectivity index (χ2n) is 4.08. The summed E-state index contributed by atoms with van der Waals surface area (Å²) in [5, 5.41) is 0. The van der Waals surface area contributed by atoms with E-state index in [0.29, 0.717) is 17.6 Å². The summed E-state index contributed by atoms with van der Waals surface area (Å²) in [6.07, 6.45) is -0.677. The van der Waals surface area contributed by atoms with Gasteiger partial charge >= 0.3 is 0 Å². The number of benzene rings is 1. The lowest BCUT2D eigenvalue weighted by molar-refractivity contribution is -0.137. The van der Waals surface area contributed by atoms with Gasteiger partial charge in [-0.05, 0) is 42.8 Å². The Balaban J connectivity index is 2.88. The molecule has 0 bridgehead atoms. The zero-order valence-corrected chi connectivity index (χ0v) is 12.8. The normalized spacial score (nSPS) is 12.1. The van der Waals surface area contributed by atoms with E-state index in [-0.39, 0.29) is 17.3 Å². The third-order valence-electron chi connectivity index (χ3n) is 2.75. The molecule has 0 radical (unpaired) electrons. The Kier molecular flexibility index (Phi) is 5.60. The summed E-state index contributed by atoms with van der Waals surface area (Å²) in [4.78, 5) is 13.7. The first-order valence-electron chi connectivity index (χ1n) is 6.10. The van der Waals surface area contributed by atoms with E-state index in [9.17, 15) is 9.18 Å². The highest BCUT2D eigenvalue weighted by molar-refractivity contribution is 9.10. The average molecular weight is 333 g/mol. The van der Waals surface area contributed by atoms with Crippen molar-refractivity contribution in [3.8, 4) is 5.75 Å². The molecule has 0 spiro atoms. The van der Waals surface area contributed by atoms with Crippen molar-refractivity contribution in [3.63, 3.8) is 0 Å². The molecule has 1 aromatic carbocycles. The zero-order valence-electron chi connectivity index (χ0n) is 11.2. The van der Waals surface area contributed by atoms with E-state index in [2.05, 4.69) is 15.9 Å². The van der Waals surface area contributed by atoms with E-state index in [0.717, 1.165) is 6.07 Å². The van der Waals surface area contributed by atoms with E-state index in [1.807, 2.05) is 13.8 Å². The number of anilines is 1. The van der Waals surface area contributed by atoms with Gasteiger partial charge in [0.15, 0.2) is 11.9 Å². The number of carbonyl (C=O) groups is 1. The molecule has 106 valence electrons. The van der Waals surface area contributed by atoms with Crippen molar-refractivity contribution in [1.82, 2.24) is 4.90 Å². The van der Waals surface area contributed by atoms with Crippen molar-refractivity contribution in [2.75, 3.05) is 18.8 Å². The number of rotatable bonds is 5. The van der Waals surface area contributed by atoms with Crippen LogP contribution in [0.3, 0.4) is 0 Å². The summed E-state index contributed by atoms with van der Waals surface area (Å²) in [5.41, 5.74) is 5.85. The molecular formula is C13H18BrFN2O2. The Morgan fingerprint density at radius 1 is 1.47 bits per heavy atom. The molecular weight excluding hydrogens is 315 g/mol. The maximum atomic E-state index is 13.1. The predicted octanol–water partition coefficient (Wildman–Crippen LogP) is 2.81. The molecule has 1 unspecified atom stereocenters. The lowest BCUT2D eigenvalue weighted by Gasteiger charge is -2.24. The van der Waals surface area contributed by atoms with Crippen LogP contribution in [0.1, 0.15) is 20.8 Å². The van der Waals surface area contributed by atoms with Crippen molar-refractivity contribution >= 4 is 27.5 Å². The van der Waals surface area contributed by atoms with E-state index >= 15 is 0 Å². The van der Waals surface area contributed by atoms with Crippen LogP contribution in [0.25, 0.3) is 0 Å². The van der Waals surface area contributed by atoms with Crippen molar-refractivity contribution < 1.29 is 13.9 Å². The third kappa shape index (κ3) is 3.83. The fraction of sp³-hybridized carbons (Fsp3) is 0.462. The Morgan fingerprint density at radius 2 is 2.05 bits per heavy atom. The van der Waals surface area contributed by atoms with Gasteiger partial charge in [-0.2, -0.15) is 0 Å². The number of likely N-dealkylation sites (N-methyl/N-ethyl adjacent to an activating group) is 1. The SMILES string of the molecule is CCN(CC)C(=O)C(C)Oc1c(N)cc(F)cc1Br. The number of carbonyl (C=O) groups excluding carboxylic acids is 1. The largest absolute Gasteiger partial charge is 0.478 e. The number of halogens is 2. The van der Waals surface area contributed by atoms with Crippen LogP contribution in [0.5, 0.6) is 5.75 Å². The van der Waals surface area contributed by atoms with Crippen molar-refractivity contribution in [2.24, 2.45) is 0 Å². The molecule has 0 saturated carbocycles. The summed E-state index contributed by atoms with van der Waals surface area (Å²) < 4.78 is 19.0. The number of nitrogen functional groups attached to an aromatic ring is 1. The number of amides is 1. The van der Waals surface area contributed by atoms with Crippen molar-refractivity contribution in [2.45, 2.75) is 26.9 Å². The molecule has 0 aromatic heterocycles. The summed E-state index contributed by atoms with van der Waals surface area (Å²) in [7, 11) is 0. The van der Waals surface area contributed by atoms with Crippen LogP contribution in [0, 0.1) is 5.82 Å². The van der Waals surface area contributed by atoms with Crippen LogP contribution in [0.15, 0.2) is 16.6 Å². The van der Waals surface area contributed by atoms with Crippen molar-refractivity contribution in [1.29, 1.82) is 0 Å². The van der Waals surface area contributed by atoms with Crippen LogP contribution in [0.2, 0.25) is 0 Å². The molecule has 0 fully saturated rings. The molecule has 1 aromatic rings. The molecule has 0 heterocycles. The minimum absolute atomic E-state index is 0.124. The lowest BCUT2D eigenvalue weighted by atomic mass is 10.2. The van der Waals surface area contributed by atoms with Gasteiger partial charge in [-0.3, -0.25) is 4.79 Å². The van der Waals surface area contributed by atoms with Gasteiger partial charge in [0.2, 0.25) is 0 Å². The fourth-order valence-corrected chi connectivity index (χ4v) is 2.27.